The third kappa shape index (κ3) is 3.54. The molecule has 2 aromatic heterocycles. The van der Waals surface area contributed by atoms with Gasteiger partial charge < -0.3 is 9.73 Å². The van der Waals surface area contributed by atoms with Crippen molar-refractivity contribution in [3.8, 4) is 0 Å². The molecule has 8 heteroatoms. The molecule has 0 radical (unpaired) electrons. The van der Waals surface area contributed by atoms with Crippen LogP contribution in [-0.2, 0) is 15.8 Å². The van der Waals surface area contributed by atoms with Gasteiger partial charge in [0.05, 0.1) is 17.7 Å². The van der Waals surface area contributed by atoms with Crippen LogP contribution in [0.15, 0.2) is 65.5 Å². The van der Waals surface area contributed by atoms with Crippen LogP contribution in [0.1, 0.15) is 16.1 Å². The Morgan fingerprint density at radius 2 is 2.04 bits per heavy atom. The Morgan fingerprint density at radius 3 is 2.75 bits per heavy atom. The van der Waals surface area contributed by atoms with Crippen LogP contribution in [0.3, 0.4) is 0 Å². The van der Waals surface area contributed by atoms with Crippen LogP contribution >= 0.6 is 0 Å². The Kier molecular flexibility index (Phi) is 4.22. The maximum absolute atomic E-state index is 13.2. The maximum Gasteiger partial charge on any atom is 0.291 e. The Bertz CT molecular complexity index is 962. The molecule has 0 aliphatic heterocycles. The molecule has 0 aliphatic rings. The minimum atomic E-state index is -3.72. The molecule has 0 saturated carbocycles. The number of anilines is 1. The third-order valence-electron chi connectivity index (χ3n) is 3.23. The zero-order valence-corrected chi connectivity index (χ0v) is 13.2. The van der Waals surface area contributed by atoms with E-state index in [1.54, 1.807) is 6.07 Å². The molecular weight excluding hydrogens is 335 g/mol. The largest absolute Gasteiger partial charge is 0.459 e. The predicted octanol–water partition coefficient (Wildman–Crippen LogP) is 2.85. The fourth-order valence-electron chi connectivity index (χ4n) is 2.14. The van der Waals surface area contributed by atoms with Crippen LogP contribution in [0.5, 0.6) is 0 Å². The third-order valence-corrected chi connectivity index (χ3v) is 4.80. The van der Waals surface area contributed by atoms with Crippen LogP contribution in [-0.4, -0.2) is 18.3 Å². The summed E-state index contributed by atoms with van der Waals surface area (Å²) in [5.41, 5.74) is 0.643. The SMILES string of the molecule is O=C(Nc1ccn(S(=O)(=O)Cc2cccc(F)c2)c1)c1ccco1. The monoisotopic (exact) mass is 348 g/mol. The topological polar surface area (TPSA) is 81.3 Å². The number of halogens is 1. The average Bonchev–Trinajstić information content (AvgIpc) is 3.18. The number of rotatable bonds is 5. The summed E-state index contributed by atoms with van der Waals surface area (Å²) in [6, 6.07) is 9.91. The second-order valence-electron chi connectivity index (χ2n) is 5.05. The molecule has 3 aromatic rings. The number of furan rings is 1. The van der Waals surface area contributed by atoms with Crippen LogP contribution in [0.25, 0.3) is 0 Å². The molecule has 24 heavy (non-hydrogen) atoms. The molecule has 3 rings (SSSR count). The summed E-state index contributed by atoms with van der Waals surface area (Å²) in [4.78, 5) is 11.9. The molecule has 2 heterocycles. The molecule has 0 saturated heterocycles. The van der Waals surface area contributed by atoms with Gasteiger partial charge in [0.25, 0.3) is 5.91 Å². The first-order valence-electron chi connectivity index (χ1n) is 6.94. The Hall–Kier alpha value is -2.87. The van der Waals surface area contributed by atoms with Crippen molar-refractivity contribution in [2.45, 2.75) is 5.75 Å². The number of hydrogen-bond acceptors (Lipinski definition) is 4. The lowest BCUT2D eigenvalue weighted by atomic mass is 10.2. The van der Waals surface area contributed by atoms with Crippen LogP contribution < -0.4 is 5.32 Å². The van der Waals surface area contributed by atoms with Crippen molar-refractivity contribution in [2.24, 2.45) is 0 Å². The number of benzene rings is 1. The molecule has 0 atom stereocenters. The van der Waals surface area contributed by atoms with E-state index in [4.69, 9.17) is 4.42 Å². The molecule has 0 bridgehead atoms. The molecule has 1 aromatic carbocycles. The van der Waals surface area contributed by atoms with Gasteiger partial charge in [-0.05, 0) is 35.9 Å². The van der Waals surface area contributed by atoms with Gasteiger partial charge >= 0.3 is 0 Å². The fourth-order valence-corrected chi connectivity index (χ4v) is 3.41. The van der Waals surface area contributed by atoms with Gasteiger partial charge in [-0.25, -0.2) is 12.8 Å². The molecule has 1 N–H and O–H groups in total. The molecule has 124 valence electrons. The summed E-state index contributed by atoms with van der Waals surface area (Å²) < 4.78 is 43.8. The molecule has 0 unspecified atom stereocenters. The maximum atomic E-state index is 13.2. The van der Waals surface area contributed by atoms with Gasteiger partial charge in [-0.3, -0.25) is 8.77 Å². The number of carbonyl (C=O) groups excluding carboxylic acids is 1. The highest BCUT2D eigenvalue weighted by atomic mass is 32.2. The summed E-state index contributed by atoms with van der Waals surface area (Å²) in [6.07, 6.45) is 3.95. The van der Waals surface area contributed by atoms with E-state index in [2.05, 4.69) is 5.32 Å². The van der Waals surface area contributed by atoms with Crippen molar-refractivity contribution in [1.82, 2.24) is 3.97 Å². The summed E-state index contributed by atoms with van der Waals surface area (Å²) >= 11 is 0. The first kappa shape index (κ1) is 16.0. The van der Waals surface area contributed by atoms with E-state index < -0.39 is 21.7 Å². The predicted molar refractivity (Wildman–Crippen MR) is 85.5 cm³/mol. The first-order chi connectivity index (χ1) is 11.4. The minimum absolute atomic E-state index is 0.116. The number of amides is 1. The van der Waals surface area contributed by atoms with Crippen molar-refractivity contribution >= 4 is 21.6 Å². The van der Waals surface area contributed by atoms with Crippen molar-refractivity contribution in [3.63, 3.8) is 0 Å². The highest BCUT2D eigenvalue weighted by molar-refractivity contribution is 7.89. The van der Waals surface area contributed by atoms with Crippen LogP contribution in [0.2, 0.25) is 0 Å². The van der Waals surface area contributed by atoms with Gasteiger partial charge in [0.1, 0.15) is 5.82 Å². The molecule has 1 amide bonds. The van der Waals surface area contributed by atoms with Crippen molar-refractivity contribution in [2.75, 3.05) is 5.32 Å². The van der Waals surface area contributed by atoms with Crippen molar-refractivity contribution in [3.05, 3.63) is 78.3 Å². The number of aromatic nitrogens is 1. The van der Waals surface area contributed by atoms with Gasteiger partial charge in [0.15, 0.2) is 5.76 Å². The van der Waals surface area contributed by atoms with E-state index in [0.29, 0.717) is 11.3 Å². The second kappa shape index (κ2) is 6.32. The zero-order chi connectivity index (χ0) is 17.2. The Labute approximate surface area is 137 Å². The number of nitrogens with zero attached hydrogens (tertiary/aromatic N) is 1. The van der Waals surface area contributed by atoms with E-state index in [1.165, 1.54) is 55.1 Å². The van der Waals surface area contributed by atoms with E-state index in [-0.39, 0.29) is 11.5 Å². The highest BCUT2D eigenvalue weighted by Crippen LogP contribution is 2.16. The lowest BCUT2D eigenvalue weighted by Crippen LogP contribution is -2.14. The number of hydrogen-bond donors (Lipinski definition) is 1. The van der Waals surface area contributed by atoms with Gasteiger partial charge in [-0.2, -0.15) is 0 Å². The molecule has 0 aliphatic carbocycles. The number of nitrogens with one attached hydrogen (secondary N) is 1. The van der Waals surface area contributed by atoms with Gasteiger partial charge in [-0.15, -0.1) is 0 Å². The zero-order valence-electron chi connectivity index (χ0n) is 12.3. The van der Waals surface area contributed by atoms with Crippen LogP contribution in [0.4, 0.5) is 10.1 Å². The van der Waals surface area contributed by atoms with Crippen LogP contribution in [0, 0.1) is 5.82 Å². The quantitative estimate of drug-likeness (QED) is 0.769. The summed E-state index contributed by atoms with van der Waals surface area (Å²) in [7, 11) is -3.72. The first-order valence-corrected chi connectivity index (χ1v) is 8.55. The molecule has 6 nitrogen and oxygen atoms in total. The second-order valence-corrected chi connectivity index (χ2v) is 6.92. The van der Waals surface area contributed by atoms with E-state index in [1.807, 2.05) is 0 Å². The fraction of sp³-hybridized carbons (Fsp3) is 0.0625. The minimum Gasteiger partial charge on any atom is -0.459 e. The summed E-state index contributed by atoms with van der Waals surface area (Å²) in [6.45, 7) is 0. The van der Waals surface area contributed by atoms with E-state index in [9.17, 15) is 17.6 Å². The Balaban J connectivity index is 1.75. The smallest absolute Gasteiger partial charge is 0.291 e. The van der Waals surface area contributed by atoms with Gasteiger partial charge in [0.2, 0.25) is 10.0 Å². The van der Waals surface area contributed by atoms with Crippen molar-refractivity contribution < 1.29 is 22.0 Å². The summed E-state index contributed by atoms with van der Waals surface area (Å²) in [5.74, 6) is -1.22. The Morgan fingerprint density at radius 1 is 1.21 bits per heavy atom. The standard InChI is InChI=1S/C16H13FN2O4S/c17-13-4-1-3-12(9-13)11-24(21,22)19-7-6-14(10-19)18-16(20)15-5-2-8-23-15/h1-10H,11H2,(H,18,20). The van der Waals surface area contributed by atoms with E-state index in [0.717, 1.165) is 3.97 Å². The molecular formula is C16H13FN2O4S. The molecule has 0 fully saturated rings. The van der Waals surface area contributed by atoms with Gasteiger partial charge in [0, 0.05) is 12.4 Å². The average molecular weight is 348 g/mol. The van der Waals surface area contributed by atoms with Crippen molar-refractivity contribution in [1.29, 1.82) is 0 Å². The lowest BCUT2D eigenvalue weighted by molar-refractivity contribution is 0.0996. The lowest BCUT2D eigenvalue weighted by Gasteiger charge is -2.06. The van der Waals surface area contributed by atoms with E-state index >= 15 is 0 Å². The highest BCUT2D eigenvalue weighted by Gasteiger charge is 2.16. The normalized spacial score (nSPS) is 11.4. The molecule has 0 spiro atoms. The summed E-state index contributed by atoms with van der Waals surface area (Å²) in [5, 5.41) is 2.53. The number of carbonyl (C=O) groups is 1. The van der Waals surface area contributed by atoms with Gasteiger partial charge in [-0.1, -0.05) is 12.1 Å².